The molecule has 0 bridgehead atoms. The molecule has 26 heavy (non-hydrogen) atoms. The normalized spacial score (nSPS) is 25.0. The molecule has 3 aliphatic heterocycles. The molecule has 3 saturated heterocycles. The average molecular weight is 367 g/mol. The van der Waals surface area contributed by atoms with Crippen LogP contribution < -0.4 is 10.6 Å². The Morgan fingerprint density at radius 1 is 0.769 bits per heavy atom. The molecule has 0 aromatic heterocycles. The molecule has 4 heteroatoms. The molecular formula is C22H46N4. The maximum Gasteiger partial charge on any atom is 0.0107 e. The van der Waals surface area contributed by atoms with Crippen LogP contribution in [0.2, 0.25) is 0 Å². The Morgan fingerprint density at radius 3 is 1.85 bits per heavy atom. The highest BCUT2D eigenvalue weighted by molar-refractivity contribution is 4.80. The summed E-state index contributed by atoms with van der Waals surface area (Å²) < 4.78 is 0. The maximum absolute atomic E-state index is 3.49. The molecular weight excluding hydrogens is 320 g/mol. The van der Waals surface area contributed by atoms with Gasteiger partial charge in [-0.3, -0.25) is 0 Å². The zero-order chi connectivity index (χ0) is 18.6. The lowest BCUT2D eigenvalue weighted by Crippen LogP contribution is -2.41. The molecule has 154 valence electrons. The summed E-state index contributed by atoms with van der Waals surface area (Å²) in [6, 6.07) is 0. The molecule has 0 saturated carbocycles. The van der Waals surface area contributed by atoms with Crippen LogP contribution in [0.3, 0.4) is 0 Å². The predicted octanol–water partition coefficient (Wildman–Crippen LogP) is 3.05. The largest absolute Gasteiger partial charge is 0.318 e. The third-order valence-corrected chi connectivity index (χ3v) is 6.73. The monoisotopic (exact) mass is 366 g/mol. The van der Waals surface area contributed by atoms with Crippen LogP contribution in [0.25, 0.3) is 0 Å². The van der Waals surface area contributed by atoms with Crippen molar-refractivity contribution >= 4 is 0 Å². The minimum absolute atomic E-state index is 0.963. The van der Waals surface area contributed by atoms with Crippen LogP contribution in [-0.4, -0.2) is 75.8 Å². The third kappa shape index (κ3) is 7.84. The third-order valence-electron chi connectivity index (χ3n) is 6.73. The number of nitrogens with one attached hydrogen (secondary N) is 2. The quantitative estimate of drug-likeness (QED) is 0.725. The Morgan fingerprint density at radius 2 is 1.31 bits per heavy atom. The van der Waals surface area contributed by atoms with E-state index in [4.69, 9.17) is 0 Å². The van der Waals surface area contributed by atoms with Gasteiger partial charge in [0, 0.05) is 19.6 Å². The van der Waals surface area contributed by atoms with Gasteiger partial charge in [0.15, 0.2) is 0 Å². The molecule has 3 rings (SSSR count). The van der Waals surface area contributed by atoms with Gasteiger partial charge in [-0.1, -0.05) is 13.8 Å². The molecule has 0 aromatic carbocycles. The fourth-order valence-electron chi connectivity index (χ4n) is 5.02. The first kappa shape index (κ1) is 22.1. The standard InChI is InChI=1S/C20H40N4.C2H6/c1-21-10-15-23-11-4-18(5-12-23)16-19-6-13-24(14-7-19)17-20-2-8-22-9-3-20;1-2/h18-22H,2-17H2,1H3;1-2H3. The van der Waals surface area contributed by atoms with Gasteiger partial charge in [0.25, 0.3) is 0 Å². The first-order chi connectivity index (χ1) is 12.8. The van der Waals surface area contributed by atoms with Gasteiger partial charge < -0.3 is 20.4 Å². The lowest BCUT2D eigenvalue weighted by atomic mass is 9.82. The number of likely N-dealkylation sites (tertiary alicyclic amines) is 2. The van der Waals surface area contributed by atoms with Crippen LogP contribution in [0.5, 0.6) is 0 Å². The molecule has 0 amide bonds. The predicted molar refractivity (Wildman–Crippen MR) is 114 cm³/mol. The second-order valence-electron chi connectivity index (χ2n) is 8.56. The number of piperidine rings is 3. The minimum Gasteiger partial charge on any atom is -0.318 e. The van der Waals surface area contributed by atoms with Crippen LogP contribution >= 0.6 is 0 Å². The molecule has 0 spiro atoms. The fraction of sp³-hybridized carbons (Fsp3) is 1.00. The van der Waals surface area contributed by atoms with Crippen LogP contribution in [0.15, 0.2) is 0 Å². The van der Waals surface area contributed by atoms with Gasteiger partial charge in [-0.2, -0.15) is 0 Å². The van der Waals surface area contributed by atoms with Crippen molar-refractivity contribution in [1.82, 2.24) is 20.4 Å². The van der Waals surface area contributed by atoms with Crippen LogP contribution in [-0.2, 0) is 0 Å². The molecule has 3 fully saturated rings. The van der Waals surface area contributed by atoms with E-state index in [0.29, 0.717) is 0 Å². The van der Waals surface area contributed by atoms with Crippen molar-refractivity contribution in [2.75, 3.05) is 66.0 Å². The van der Waals surface area contributed by atoms with Gasteiger partial charge in [0.05, 0.1) is 0 Å². The highest BCUT2D eigenvalue weighted by atomic mass is 15.1. The smallest absolute Gasteiger partial charge is 0.0107 e. The summed E-state index contributed by atoms with van der Waals surface area (Å²) in [5.74, 6) is 2.99. The van der Waals surface area contributed by atoms with Gasteiger partial charge in [-0.05, 0) is 109 Å². The van der Waals surface area contributed by atoms with E-state index >= 15 is 0 Å². The summed E-state index contributed by atoms with van der Waals surface area (Å²) in [5.41, 5.74) is 0. The van der Waals surface area contributed by atoms with E-state index < -0.39 is 0 Å². The first-order valence-corrected chi connectivity index (χ1v) is 11.6. The van der Waals surface area contributed by atoms with Crippen molar-refractivity contribution in [2.45, 2.75) is 58.8 Å². The molecule has 4 nitrogen and oxygen atoms in total. The summed E-state index contributed by atoms with van der Waals surface area (Å²) in [4.78, 5) is 5.42. The molecule has 0 atom stereocenters. The van der Waals surface area contributed by atoms with Crippen molar-refractivity contribution in [3.63, 3.8) is 0 Å². The molecule has 3 heterocycles. The fourth-order valence-corrected chi connectivity index (χ4v) is 5.02. The van der Waals surface area contributed by atoms with E-state index in [9.17, 15) is 0 Å². The van der Waals surface area contributed by atoms with E-state index in [1.165, 1.54) is 97.3 Å². The number of rotatable bonds is 7. The molecule has 3 aliphatic rings. The highest BCUT2D eigenvalue weighted by Gasteiger charge is 2.26. The Hall–Kier alpha value is -0.160. The minimum atomic E-state index is 0.963. The van der Waals surface area contributed by atoms with Crippen LogP contribution in [0.4, 0.5) is 0 Å². The Bertz CT molecular complexity index is 327. The van der Waals surface area contributed by atoms with E-state index in [2.05, 4.69) is 27.5 Å². The van der Waals surface area contributed by atoms with Gasteiger partial charge in [-0.25, -0.2) is 0 Å². The second kappa shape index (κ2) is 13.1. The van der Waals surface area contributed by atoms with Gasteiger partial charge in [-0.15, -0.1) is 0 Å². The van der Waals surface area contributed by atoms with Crippen molar-refractivity contribution in [1.29, 1.82) is 0 Å². The van der Waals surface area contributed by atoms with E-state index in [-0.39, 0.29) is 0 Å². The molecule has 0 aliphatic carbocycles. The van der Waals surface area contributed by atoms with Crippen molar-refractivity contribution in [3.8, 4) is 0 Å². The van der Waals surface area contributed by atoms with Gasteiger partial charge in [0.2, 0.25) is 0 Å². The Kier molecular flexibility index (Phi) is 11.1. The lowest BCUT2D eigenvalue weighted by Gasteiger charge is -2.38. The summed E-state index contributed by atoms with van der Waals surface area (Å²) in [6.07, 6.45) is 10.1. The lowest BCUT2D eigenvalue weighted by molar-refractivity contribution is 0.119. The SMILES string of the molecule is CC.CNCCN1CCC(CC2CCN(CC3CCNCC3)CC2)CC1. The van der Waals surface area contributed by atoms with Crippen LogP contribution in [0.1, 0.15) is 58.8 Å². The van der Waals surface area contributed by atoms with Gasteiger partial charge in [0.1, 0.15) is 0 Å². The number of hydrogen-bond donors (Lipinski definition) is 2. The maximum atomic E-state index is 3.49. The highest BCUT2D eigenvalue weighted by Crippen LogP contribution is 2.30. The Balaban J connectivity index is 0.00000117. The summed E-state index contributed by atoms with van der Waals surface area (Å²) in [6.45, 7) is 15.6. The van der Waals surface area contributed by atoms with Crippen LogP contribution in [0, 0.1) is 17.8 Å². The van der Waals surface area contributed by atoms with E-state index in [0.717, 1.165) is 24.3 Å². The molecule has 0 radical (unpaired) electrons. The van der Waals surface area contributed by atoms with Gasteiger partial charge >= 0.3 is 0 Å². The van der Waals surface area contributed by atoms with Crippen molar-refractivity contribution in [3.05, 3.63) is 0 Å². The van der Waals surface area contributed by atoms with E-state index in [1.54, 1.807) is 0 Å². The first-order valence-electron chi connectivity index (χ1n) is 11.6. The Labute approximate surface area is 163 Å². The zero-order valence-electron chi connectivity index (χ0n) is 17.9. The van der Waals surface area contributed by atoms with E-state index in [1.807, 2.05) is 13.8 Å². The number of likely N-dealkylation sites (N-methyl/N-ethyl adjacent to an activating group) is 1. The number of nitrogens with zero attached hydrogens (tertiary/aromatic N) is 2. The second-order valence-corrected chi connectivity index (χ2v) is 8.56. The summed E-state index contributed by atoms with van der Waals surface area (Å²) in [7, 11) is 2.06. The average Bonchev–Trinajstić information content (AvgIpc) is 2.71. The summed E-state index contributed by atoms with van der Waals surface area (Å²) in [5, 5.41) is 6.77. The molecule has 0 unspecified atom stereocenters. The number of hydrogen-bond acceptors (Lipinski definition) is 4. The topological polar surface area (TPSA) is 30.5 Å². The molecule has 0 aromatic rings. The molecule has 2 N–H and O–H groups in total. The van der Waals surface area contributed by atoms with Crippen molar-refractivity contribution < 1.29 is 0 Å². The van der Waals surface area contributed by atoms with Crippen molar-refractivity contribution in [2.24, 2.45) is 17.8 Å². The zero-order valence-corrected chi connectivity index (χ0v) is 17.9. The summed E-state index contributed by atoms with van der Waals surface area (Å²) >= 11 is 0.